The highest BCUT2D eigenvalue weighted by Gasteiger charge is 2.30. The summed E-state index contributed by atoms with van der Waals surface area (Å²) in [6.45, 7) is 5.40. The second kappa shape index (κ2) is 8.98. The van der Waals surface area contributed by atoms with Crippen LogP contribution in [0.2, 0.25) is 0 Å². The molecular formula is C23H31N5O2. The normalized spacial score (nSPS) is 22.7. The number of nitrogens with one attached hydrogen (secondary N) is 2. The van der Waals surface area contributed by atoms with Crippen LogP contribution < -0.4 is 5.32 Å². The van der Waals surface area contributed by atoms with Gasteiger partial charge in [0.2, 0.25) is 5.91 Å². The van der Waals surface area contributed by atoms with Gasteiger partial charge in [-0.15, -0.1) is 0 Å². The van der Waals surface area contributed by atoms with Crippen LogP contribution in [-0.4, -0.2) is 51.0 Å². The van der Waals surface area contributed by atoms with Gasteiger partial charge in [-0.05, 0) is 69.6 Å². The molecule has 2 aliphatic rings. The molecule has 3 heterocycles. The zero-order chi connectivity index (χ0) is 21.1. The second-order valence-electron chi connectivity index (χ2n) is 8.88. The molecule has 30 heavy (non-hydrogen) atoms. The highest BCUT2D eigenvalue weighted by Crippen LogP contribution is 2.25. The third kappa shape index (κ3) is 4.71. The minimum atomic E-state index is -0.0802. The summed E-state index contributed by atoms with van der Waals surface area (Å²) in [6.07, 6.45) is 7.73. The summed E-state index contributed by atoms with van der Waals surface area (Å²) in [5, 5.41) is 10.4. The van der Waals surface area contributed by atoms with E-state index < -0.39 is 0 Å². The minimum Gasteiger partial charge on any atom is -0.353 e. The van der Waals surface area contributed by atoms with E-state index in [0.717, 1.165) is 35.7 Å². The molecule has 0 unspecified atom stereocenters. The van der Waals surface area contributed by atoms with Gasteiger partial charge >= 0.3 is 0 Å². The van der Waals surface area contributed by atoms with Crippen molar-refractivity contribution in [2.75, 3.05) is 13.1 Å². The monoisotopic (exact) mass is 409 g/mol. The fourth-order valence-electron chi connectivity index (χ4n) is 4.52. The average Bonchev–Trinajstić information content (AvgIpc) is 3.25. The van der Waals surface area contributed by atoms with Gasteiger partial charge in [-0.25, -0.2) is 0 Å². The molecule has 0 atom stereocenters. The van der Waals surface area contributed by atoms with Gasteiger partial charge in [-0.1, -0.05) is 6.92 Å². The first kappa shape index (κ1) is 20.6. The predicted molar refractivity (Wildman–Crippen MR) is 115 cm³/mol. The number of aromatic nitrogens is 3. The summed E-state index contributed by atoms with van der Waals surface area (Å²) >= 11 is 0. The van der Waals surface area contributed by atoms with E-state index >= 15 is 0 Å². The largest absolute Gasteiger partial charge is 0.353 e. The van der Waals surface area contributed by atoms with Crippen molar-refractivity contribution < 1.29 is 9.59 Å². The van der Waals surface area contributed by atoms with Crippen LogP contribution in [0.4, 0.5) is 0 Å². The van der Waals surface area contributed by atoms with E-state index in [-0.39, 0.29) is 17.7 Å². The van der Waals surface area contributed by atoms with Crippen molar-refractivity contribution in [3.63, 3.8) is 0 Å². The number of piperidine rings is 1. The Morgan fingerprint density at radius 1 is 1.10 bits per heavy atom. The van der Waals surface area contributed by atoms with Crippen molar-refractivity contribution in [1.29, 1.82) is 0 Å². The Morgan fingerprint density at radius 3 is 2.53 bits per heavy atom. The first-order valence-corrected chi connectivity index (χ1v) is 11.1. The number of carbonyl (C=O) groups is 2. The van der Waals surface area contributed by atoms with Gasteiger partial charge in [0.25, 0.3) is 5.91 Å². The molecule has 2 amide bonds. The van der Waals surface area contributed by atoms with Crippen molar-refractivity contribution in [3.8, 4) is 11.3 Å². The molecule has 4 rings (SSSR count). The number of H-pyrrole nitrogens is 1. The second-order valence-corrected chi connectivity index (χ2v) is 8.88. The number of likely N-dealkylation sites (tertiary alicyclic amines) is 1. The first-order chi connectivity index (χ1) is 14.5. The number of aromatic amines is 1. The molecular weight excluding hydrogens is 378 g/mol. The highest BCUT2D eigenvalue weighted by atomic mass is 16.2. The van der Waals surface area contributed by atoms with Gasteiger partial charge in [0.05, 0.1) is 5.69 Å². The van der Waals surface area contributed by atoms with Crippen LogP contribution in [0.15, 0.2) is 24.4 Å². The molecule has 7 nitrogen and oxygen atoms in total. The summed E-state index contributed by atoms with van der Waals surface area (Å²) < 4.78 is 0. The van der Waals surface area contributed by atoms with E-state index in [1.165, 1.54) is 12.8 Å². The molecule has 7 heteroatoms. The zero-order valence-corrected chi connectivity index (χ0v) is 17.9. The van der Waals surface area contributed by atoms with E-state index in [0.29, 0.717) is 37.7 Å². The Balaban J connectivity index is 1.30. The Bertz CT molecular complexity index is 893. The lowest BCUT2D eigenvalue weighted by molar-refractivity contribution is -0.127. The van der Waals surface area contributed by atoms with Gasteiger partial charge in [0.1, 0.15) is 0 Å². The van der Waals surface area contributed by atoms with Crippen LogP contribution in [-0.2, 0) is 4.79 Å². The summed E-state index contributed by atoms with van der Waals surface area (Å²) in [6, 6.07) is 5.97. The molecule has 2 aromatic heterocycles. The lowest BCUT2D eigenvalue weighted by Crippen LogP contribution is -2.46. The van der Waals surface area contributed by atoms with Gasteiger partial charge < -0.3 is 10.2 Å². The van der Waals surface area contributed by atoms with Gasteiger partial charge in [0.15, 0.2) is 5.69 Å². The number of hydrogen-bond donors (Lipinski definition) is 2. The predicted octanol–water partition coefficient (Wildman–Crippen LogP) is 3.33. The number of carbonyl (C=O) groups excluding carboxylic acids is 2. The third-order valence-electron chi connectivity index (χ3n) is 6.52. The molecule has 1 saturated carbocycles. The molecule has 160 valence electrons. The van der Waals surface area contributed by atoms with E-state index in [4.69, 9.17) is 0 Å². The summed E-state index contributed by atoms with van der Waals surface area (Å²) in [5.74, 6) is 0.862. The van der Waals surface area contributed by atoms with Crippen molar-refractivity contribution in [3.05, 3.63) is 35.8 Å². The smallest absolute Gasteiger partial charge is 0.274 e. The maximum absolute atomic E-state index is 12.9. The zero-order valence-electron chi connectivity index (χ0n) is 17.9. The minimum absolute atomic E-state index is 0.00272. The van der Waals surface area contributed by atoms with Crippen molar-refractivity contribution in [2.45, 2.75) is 58.4 Å². The van der Waals surface area contributed by atoms with Crippen molar-refractivity contribution >= 4 is 11.8 Å². The number of nitrogens with zero attached hydrogens (tertiary/aromatic N) is 3. The summed E-state index contributed by atoms with van der Waals surface area (Å²) in [5.41, 5.74) is 3.10. The SMILES string of the molecule is Cc1cc(-c2cc(C(=O)N3CCC(C(=O)NC4CCC(C)CC4)CC3)n[nH]2)ccn1. The molecule has 2 aromatic rings. The quantitative estimate of drug-likeness (QED) is 0.810. The Hall–Kier alpha value is -2.70. The number of amides is 2. The molecule has 1 aliphatic heterocycles. The maximum atomic E-state index is 12.9. The van der Waals surface area contributed by atoms with Crippen LogP contribution in [0.25, 0.3) is 11.3 Å². The Kier molecular flexibility index (Phi) is 6.16. The summed E-state index contributed by atoms with van der Waals surface area (Å²) in [4.78, 5) is 31.5. The fourth-order valence-corrected chi connectivity index (χ4v) is 4.52. The molecule has 0 aromatic carbocycles. The fraction of sp³-hybridized carbons (Fsp3) is 0.565. The highest BCUT2D eigenvalue weighted by molar-refractivity contribution is 5.93. The molecule has 0 bridgehead atoms. The Labute approximate surface area is 177 Å². The van der Waals surface area contributed by atoms with Crippen LogP contribution in [0, 0.1) is 18.8 Å². The lowest BCUT2D eigenvalue weighted by atomic mass is 9.86. The van der Waals surface area contributed by atoms with Crippen LogP contribution in [0.5, 0.6) is 0 Å². The van der Waals surface area contributed by atoms with Crippen molar-refractivity contribution in [2.24, 2.45) is 11.8 Å². The number of rotatable bonds is 4. The van der Waals surface area contributed by atoms with Gasteiger partial charge in [-0.2, -0.15) is 5.10 Å². The molecule has 1 saturated heterocycles. The number of hydrogen-bond acceptors (Lipinski definition) is 4. The molecule has 1 aliphatic carbocycles. The topological polar surface area (TPSA) is 91.0 Å². The van der Waals surface area contributed by atoms with E-state index in [2.05, 4.69) is 27.4 Å². The first-order valence-electron chi connectivity index (χ1n) is 11.1. The number of pyridine rings is 1. The van der Waals surface area contributed by atoms with E-state index in [1.807, 2.05) is 24.0 Å². The van der Waals surface area contributed by atoms with Crippen LogP contribution in [0.3, 0.4) is 0 Å². The molecule has 0 radical (unpaired) electrons. The van der Waals surface area contributed by atoms with E-state index in [9.17, 15) is 9.59 Å². The average molecular weight is 410 g/mol. The van der Waals surface area contributed by atoms with Crippen molar-refractivity contribution in [1.82, 2.24) is 25.4 Å². The maximum Gasteiger partial charge on any atom is 0.274 e. The Morgan fingerprint density at radius 2 is 1.83 bits per heavy atom. The molecule has 0 spiro atoms. The lowest BCUT2D eigenvalue weighted by Gasteiger charge is -2.33. The van der Waals surface area contributed by atoms with Gasteiger partial charge in [-0.3, -0.25) is 19.7 Å². The summed E-state index contributed by atoms with van der Waals surface area (Å²) in [7, 11) is 0. The molecule has 2 N–H and O–H groups in total. The van der Waals surface area contributed by atoms with Gasteiger partial charge in [0, 0.05) is 42.5 Å². The number of aryl methyl sites for hydroxylation is 1. The third-order valence-corrected chi connectivity index (χ3v) is 6.52. The standard InChI is InChI=1S/C23H31N5O2/c1-15-3-5-19(6-4-15)25-22(29)17-8-11-28(12-9-17)23(30)21-14-20(26-27-21)18-7-10-24-16(2)13-18/h7,10,13-15,17,19H,3-6,8-9,11-12H2,1-2H3,(H,25,29)(H,26,27). The van der Waals surface area contributed by atoms with E-state index in [1.54, 1.807) is 12.3 Å². The van der Waals surface area contributed by atoms with Crippen LogP contribution in [0.1, 0.15) is 61.6 Å². The van der Waals surface area contributed by atoms with Crippen LogP contribution >= 0.6 is 0 Å². The molecule has 2 fully saturated rings.